The maximum Gasteiger partial charge on any atom is 0.199 e. The summed E-state index contributed by atoms with van der Waals surface area (Å²) in [4.78, 5) is 8.72. The molecule has 7 nitrogen and oxygen atoms in total. The highest BCUT2D eigenvalue weighted by molar-refractivity contribution is 7.86. The summed E-state index contributed by atoms with van der Waals surface area (Å²) < 4.78 is 20.6. The maximum atomic E-state index is 12.2. The largest absolute Gasteiger partial charge is 0.495 e. The average molecular weight is 436 g/mol. The number of methoxy groups -OCH3 is 1. The van der Waals surface area contributed by atoms with Crippen molar-refractivity contribution in [3.05, 3.63) is 66.9 Å². The minimum Gasteiger partial charge on any atom is -0.495 e. The lowest BCUT2D eigenvalue weighted by atomic mass is 10.1. The molecule has 0 bridgehead atoms. The molecule has 4 N–H and O–H groups in total. The van der Waals surface area contributed by atoms with Crippen LogP contribution in [0.15, 0.2) is 71.9 Å². The van der Waals surface area contributed by atoms with Gasteiger partial charge in [-0.25, -0.2) is 9.19 Å². The predicted molar refractivity (Wildman–Crippen MR) is 127 cm³/mol. The van der Waals surface area contributed by atoms with E-state index in [0.29, 0.717) is 23.2 Å². The number of pyridine rings is 1. The highest BCUT2D eigenvalue weighted by atomic mass is 32.2. The van der Waals surface area contributed by atoms with Gasteiger partial charge in [-0.15, -0.1) is 0 Å². The Hall–Kier alpha value is -3.39. The SMILES string of the molecule is COc1ccccc1NC(N)=Nc1ccc(-c2cccc(NS(=O)CC3CC3)c2)cn1. The molecule has 8 heteroatoms. The molecule has 4 rings (SSSR count). The van der Waals surface area contributed by atoms with Crippen molar-refractivity contribution in [3.63, 3.8) is 0 Å². The molecular weight excluding hydrogens is 410 g/mol. The monoisotopic (exact) mass is 435 g/mol. The summed E-state index contributed by atoms with van der Waals surface area (Å²) in [7, 11) is 0.554. The van der Waals surface area contributed by atoms with Crippen LogP contribution < -0.4 is 20.5 Å². The van der Waals surface area contributed by atoms with Crippen LogP contribution in [0.4, 0.5) is 17.2 Å². The number of anilines is 2. The van der Waals surface area contributed by atoms with Gasteiger partial charge in [-0.05, 0) is 60.7 Å². The van der Waals surface area contributed by atoms with Crippen molar-refractivity contribution in [2.24, 2.45) is 16.6 Å². The summed E-state index contributed by atoms with van der Waals surface area (Å²) in [5.41, 5.74) is 9.51. The number of hydrogen-bond donors (Lipinski definition) is 3. The number of aromatic nitrogens is 1. The number of rotatable bonds is 8. The summed E-state index contributed by atoms with van der Waals surface area (Å²) >= 11 is 0. The first-order valence-electron chi connectivity index (χ1n) is 10.1. The van der Waals surface area contributed by atoms with E-state index in [9.17, 15) is 4.21 Å². The molecule has 1 unspecified atom stereocenters. The molecule has 1 aliphatic carbocycles. The van der Waals surface area contributed by atoms with Crippen molar-refractivity contribution in [1.82, 2.24) is 4.98 Å². The first-order chi connectivity index (χ1) is 15.1. The van der Waals surface area contributed by atoms with Crippen LogP contribution in [-0.4, -0.2) is 28.0 Å². The fourth-order valence-electron chi connectivity index (χ4n) is 3.09. The first-order valence-corrected chi connectivity index (χ1v) is 11.4. The van der Waals surface area contributed by atoms with Crippen molar-refractivity contribution in [1.29, 1.82) is 0 Å². The Kier molecular flexibility index (Phi) is 6.47. The van der Waals surface area contributed by atoms with E-state index in [1.165, 1.54) is 12.8 Å². The number of aliphatic imine (C=N–C) groups is 1. The fraction of sp³-hybridized carbons (Fsp3) is 0.217. The third-order valence-electron chi connectivity index (χ3n) is 4.86. The van der Waals surface area contributed by atoms with Crippen molar-refractivity contribution < 1.29 is 8.95 Å². The van der Waals surface area contributed by atoms with Gasteiger partial charge in [-0.3, -0.25) is 0 Å². The van der Waals surface area contributed by atoms with E-state index in [2.05, 4.69) is 20.0 Å². The van der Waals surface area contributed by atoms with Crippen LogP contribution in [0.1, 0.15) is 12.8 Å². The lowest BCUT2D eigenvalue weighted by molar-refractivity contribution is 0.417. The molecule has 1 aromatic heterocycles. The van der Waals surface area contributed by atoms with E-state index >= 15 is 0 Å². The molecule has 0 saturated heterocycles. The molecule has 1 saturated carbocycles. The predicted octanol–water partition coefficient (Wildman–Crippen LogP) is 4.30. The summed E-state index contributed by atoms with van der Waals surface area (Å²) in [5, 5.41) is 3.03. The van der Waals surface area contributed by atoms with E-state index in [0.717, 1.165) is 22.5 Å². The highest BCUT2D eigenvalue weighted by Gasteiger charge is 2.23. The molecule has 3 aromatic rings. The molecule has 160 valence electrons. The van der Waals surface area contributed by atoms with E-state index in [1.807, 2.05) is 54.6 Å². The van der Waals surface area contributed by atoms with E-state index in [-0.39, 0.29) is 5.96 Å². The van der Waals surface area contributed by atoms with Gasteiger partial charge >= 0.3 is 0 Å². The van der Waals surface area contributed by atoms with Gasteiger partial charge in [0, 0.05) is 23.2 Å². The first kappa shape index (κ1) is 20.9. The Morgan fingerprint density at radius 3 is 2.74 bits per heavy atom. The molecule has 2 aromatic carbocycles. The number of ether oxygens (including phenoxy) is 1. The molecule has 1 aliphatic rings. The Balaban J connectivity index is 1.43. The summed E-state index contributed by atoms with van der Waals surface area (Å²) in [6.07, 6.45) is 4.12. The second kappa shape index (κ2) is 9.61. The standard InChI is InChI=1S/C23H25N5O2S/c1-30-21-8-3-2-7-20(21)26-23(24)27-22-12-11-18(14-25-22)17-5-4-6-19(13-17)28-31(29)15-16-9-10-16/h2-8,11-14,16,28H,9-10,15H2,1H3,(H3,24,25,26,27). The normalized spacial score (nSPS) is 14.7. The van der Waals surface area contributed by atoms with Crippen LogP contribution in [0.2, 0.25) is 0 Å². The molecular formula is C23H25N5O2S. The van der Waals surface area contributed by atoms with Crippen molar-refractivity contribution in [2.45, 2.75) is 12.8 Å². The molecule has 1 atom stereocenters. The summed E-state index contributed by atoms with van der Waals surface area (Å²) in [6, 6.07) is 19.0. The Morgan fingerprint density at radius 2 is 2.00 bits per heavy atom. The summed E-state index contributed by atoms with van der Waals surface area (Å²) in [6.45, 7) is 0. The second-order valence-corrected chi connectivity index (χ2v) is 8.59. The Bertz CT molecular complexity index is 1100. The third-order valence-corrected chi connectivity index (χ3v) is 6.10. The van der Waals surface area contributed by atoms with Gasteiger partial charge in [0.25, 0.3) is 0 Å². The van der Waals surface area contributed by atoms with Crippen LogP contribution in [0.3, 0.4) is 0 Å². The zero-order valence-corrected chi connectivity index (χ0v) is 18.1. The lowest BCUT2D eigenvalue weighted by Crippen LogP contribution is -2.22. The van der Waals surface area contributed by atoms with Crippen LogP contribution >= 0.6 is 0 Å². The quantitative estimate of drug-likeness (QED) is 0.362. The molecule has 1 fully saturated rings. The topological polar surface area (TPSA) is 102 Å². The molecule has 1 heterocycles. The van der Waals surface area contributed by atoms with Crippen molar-refractivity contribution in [3.8, 4) is 16.9 Å². The van der Waals surface area contributed by atoms with Crippen molar-refractivity contribution in [2.75, 3.05) is 22.9 Å². The molecule has 0 aliphatic heterocycles. The average Bonchev–Trinajstić information content (AvgIpc) is 3.58. The number of benzene rings is 2. The Labute approximate surface area is 184 Å². The third kappa shape index (κ3) is 5.82. The number of para-hydroxylation sites is 2. The number of nitrogens with two attached hydrogens (primary N) is 1. The molecule has 31 heavy (non-hydrogen) atoms. The minimum atomic E-state index is -1.05. The summed E-state index contributed by atoms with van der Waals surface area (Å²) in [5.74, 6) is 2.70. The maximum absolute atomic E-state index is 12.2. The van der Waals surface area contributed by atoms with Crippen LogP contribution in [0.5, 0.6) is 5.75 Å². The van der Waals surface area contributed by atoms with E-state index in [4.69, 9.17) is 10.5 Å². The molecule has 0 radical (unpaired) electrons. The van der Waals surface area contributed by atoms with Gasteiger partial charge in [-0.1, -0.05) is 24.3 Å². The van der Waals surface area contributed by atoms with Gasteiger partial charge in [-0.2, -0.15) is 4.99 Å². The Morgan fingerprint density at radius 1 is 1.16 bits per heavy atom. The highest BCUT2D eigenvalue weighted by Crippen LogP contribution is 2.30. The van der Waals surface area contributed by atoms with Crippen LogP contribution in [-0.2, 0) is 11.0 Å². The smallest absolute Gasteiger partial charge is 0.199 e. The lowest BCUT2D eigenvalue weighted by Gasteiger charge is -2.10. The second-order valence-electron chi connectivity index (χ2n) is 7.37. The van der Waals surface area contributed by atoms with E-state index < -0.39 is 11.0 Å². The van der Waals surface area contributed by atoms with Gasteiger partial charge in [0.05, 0.1) is 12.8 Å². The van der Waals surface area contributed by atoms with Gasteiger partial charge in [0.1, 0.15) is 16.7 Å². The van der Waals surface area contributed by atoms with Gasteiger partial charge < -0.3 is 20.5 Å². The van der Waals surface area contributed by atoms with Crippen molar-refractivity contribution >= 4 is 34.1 Å². The molecule has 0 amide bonds. The minimum absolute atomic E-state index is 0.217. The van der Waals surface area contributed by atoms with Crippen LogP contribution in [0.25, 0.3) is 11.1 Å². The zero-order chi connectivity index (χ0) is 21.6. The number of nitrogens with zero attached hydrogens (tertiary/aromatic N) is 2. The zero-order valence-electron chi connectivity index (χ0n) is 17.2. The molecule has 0 spiro atoms. The fourth-order valence-corrected chi connectivity index (χ4v) is 4.33. The van der Waals surface area contributed by atoms with Crippen LogP contribution in [0, 0.1) is 5.92 Å². The van der Waals surface area contributed by atoms with E-state index in [1.54, 1.807) is 19.4 Å². The van der Waals surface area contributed by atoms with Gasteiger partial charge in [0.15, 0.2) is 11.8 Å². The number of nitrogens with one attached hydrogen (secondary N) is 2. The number of guanidine groups is 1. The van der Waals surface area contributed by atoms with Gasteiger partial charge in [0.2, 0.25) is 0 Å². The number of hydrogen-bond acceptors (Lipinski definition) is 4.